The predicted molar refractivity (Wildman–Crippen MR) is 101 cm³/mol. The molecule has 0 saturated carbocycles. The molecule has 0 bridgehead atoms. The van der Waals surface area contributed by atoms with E-state index in [1.807, 2.05) is 23.6 Å². The summed E-state index contributed by atoms with van der Waals surface area (Å²) in [6.07, 6.45) is 1.51. The molecule has 0 aliphatic heterocycles. The first-order chi connectivity index (χ1) is 12.2. The summed E-state index contributed by atoms with van der Waals surface area (Å²) in [7, 11) is 1.70. The zero-order valence-corrected chi connectivity index (χ0v) is 15.0. The number of carbonyl (C=O) groups excluding carboxylic acids is 1. The summed E-state index contributed by atoms with van der Waals surface area (Å²) >= 11 is 1.43. The number of hydrogen-bond donors (Lipinski definition) is 3. The Bertz CT molecular complexity index is 688. The number of thiophene rings is 1. The number of rotatable bonds is 8. The Labute approximate surface area is 151 Å². The van der Waals surface area contributed by atoms with Crippen molar-refractivity contribution in [1.82, 2.24) is 16.0 Å². The number of halogens is 1. The van der Waals surface area contributed by atoms with Gasteiger partial charge in [0.1, 0.15) is 5.82 Å². The summed E-state index contributed by atoms with van der Waals surface area (Å²) in [6, 6.07) is 10.3. The standard InChI is InChI=1S/C18H23FN4OS/c1-20-18(23-11-8-14-5-2-6-15(19)13-14)22-10-4-9-21-17(24)16-7-3-12-25-16/h2-3,5-7,12-13H,4,8-11H2,1H3,(H,21,24)(H2,20,22,23). The maximum Gasteiger partial charge on any atom is 0.261 e. The number of guanidine groups is 1. The SMILES string of the molecule is CN=C(NCCCNC(=O)c1cccs1)NCCc1cccc(F)c1. The lowest BCUT2D eigenvalue weighted by molar-refractivity contribution is 0.0957. The molecule has 1 heterocycles. The fraction of sp³-hybridized carbons (Fsp3) is 0.333. The lowest BCUT2D eigenvalue weighted by Crippen LogP contribution is -2.39. The van der Waals surface area contributed by atoms with Crippen LogP contribution in [0.4, 0.5) is 4.39 Å². The molecule has 2 rings (SSSR count). The van der Waals surface area contributed by atoms with E-state index in [1.54, 1.807) is 13.1 Å². The summed E-state index contributed by atoms with van der Waals surface area (Å²) in [5.41, 5.74) is 0.944. The Morgan fingerprint density at radius 2 is 1.92 bits per heavy atom. The lowest BCUT2D eigenvalue weighted by Gasteiger charge is -2.12. The Balaban J connectivity index is 1.58. The quantitative estimate of drug-likeness (QED) is 0.384. The number of amides is 1. The Morgan fingerprint density at radius 1 is 1.12 bits per heavy atom. The van der Waals surface area contributed by atoms with Crippen LogP contribution in [0.2, 0.25) is 0 Å². The van der Waals surface area contributed by atoms with Gasteiger partial charge in [0, 0.05) is 26.7 Å². The van der Waals surface area contributed by atoms with Gasteiger partial charge in [0.25, 0.3) is 5.91 Å². The third-order valence-electron chi connectivity index (χ3n) is 3.50. The lowest BCUT2D eigenvalue weighted by atomic mass is 10.1. The normalized spacial score (nSPS) is 11.2. The molecule has 0 aliphatic rings. The van der Waals surface area contributed by atoms with Gasteiger partial charge in [-0.25, -0.2) is 4.39 Å². The minimum absolute atomic E-state index is 0.0346. The van der Waals surface area contributed by atoms with Gasteiger partial charge in [-0.2, -0.15) is 0 Å². The smallest absolute Gasteiger partial charge is 0.261 e. The molecular formula is C18H23FN4OS. The van der Waals surface area contributed by atoms with Crippen molar-refractivity contribution in [2.75, 3.05) is 26.7 Å². The minimum atomic E-state index is -0.218. The summed E-state index contributed by atoms with van der Waals surface area (Å²) in [6.45, 7) is 1.96. The topological polar surface area (TPSA) is 65.5 Å². The average molecular weight is 362 g/mol. The molecule has 25 heavy (non-hydrogen) atoms. The maximum atomic E-state index is 13.1. The summed E-state index contributed by atoms with van der Waals surface area (Å²) in [5.74, 6) is 0.443. The fourth-order valence-electron chi connectivity index (χ4n) is 2.23. The molecule has 1 aromatic carbocycles. The van der Waals surface area contributed by atoms with Gasteiger partial charge in [0.15, 0.2) is 5.96 Å². The van der Waals surface area contributed by atoms with E-state index >= 15 is 0 Å². The van der Waals surface area contributed by atoms with Crippen molar-refractivity contribution in [3.05, 3.63) is 58.0 Å². The molecule has 0 atom stereocenters. The van der Waals surface area contributed by atoms with Crippen LogP contribution in [0.5, 0.6) is 0 Å². The summed E-state index contributed by atoms with van der Waals surface area (Å²) < 4.78 is 13.1. The molecule has 0 saturated heterocycles. The Kier molecular flexibility index (Phi) is 7.91. The van der Waals surface area contributed by atoms with Crippen molar-refractivity contribution < 1.29 is 9.18 Å². The van der Waals surface area contributed by atoms with Crippen LogP contribution in [0.3, 0.4) is 0 Å². The minimum Gasteiger partial charge on any atom is -0.356 e. The highest BCUT2D eigenvalue weighted by Gasteiger charge is 2.04. The van der Waals surface area contributed by atoms with Crippen LogP contribution in [0, 0.1) is 5.82 Å². The zero-order valence-electron chi connectivity index (χ0n) is 14.2. The molecule has 0 fully saturated rings. The van der Waals surface area contributed by atoms with Gasteiger partial charge in [-0.1, -0.05) is 18.2 Å². The highest BCUT2D eigenvalue weighted by atomic mass is 32.1. The largest absolute Gasteiger partial charge is 0.356 e. The molecule has 0 aliphatic carbocycles. The van der Waals surface area contributed by atoms with Crippen molar-refractivity contribution in [1.29, 1.82) is 0 Å². The first-order valence-electron chi connectivity index (χ1n) is 8.19. The van der Waals surface area contributed by atoms with Gasteiger partial charge in [-0.15, -0.1) is 11.3 Å². The van der Waals surface area contributed by atoms with Crippen LogP contribution in [0.1, 0.15) is 21.7 Å². The summed E-state index contributed by atoms with van der Waals surface area (Å²) in [4.78, 5) is 16.6. The molecule has 1 amide bonds. The van der Waals surface area contributed by atoms with Crippen molar-refractivity contribution >= 4 is 23.2 Å². The first-order valence-corrected chi connectivity index (χ1v) is 9.07. The number of carbonyl (C=O) groups is 1. The van der Waals surface area contributed by atoms with Crippen LogP contribution in [-0.2, 0) is 6.42 Å². The second-order valence-electron chi connectivity index (χ2n) is 5.39. The molecule has 3 N–H and O–H groups in total. The van der Waals surface area contributed by atoms with E-state index in [-0.39, 0.29) is 11.7 Å². The summed E-state index contributed by atoms with van der Waals surface area (Å²) in [5, 5.41) is 11.1. The molecular weight excluding hydrogens is 339 g/mol. The molecule has 2 aromatic rings. The van der Waals surface area contributed by atoms with E-state index < -0.39 is 0 Å². The van der Waals surface area contributed by atoms with Crippen LogP contribution in [-0.4, -0.2) is 38.5 Å². The zero-order chi connectivity index (χ0) is 17.9. The first kappa shape index (κ1) is 18.9. The highest BCUT2D eigenvalue weighted by Crippen LogP contribution is 2.07. The fourth-order valence-corrected chi connectivity index (χ4v) is 2.87. The van der Waals surface area contributed by atoms with Crippen LogP contribution >= 0.6 is 11.3 Å². The van der Waals surface area contributed by atoms with Crippen molar-refractivity contribution in [3.63, 3.8) is 0 Å². The van der Waals surface area contributed by atoms with Crippen LogP contribution < -0.4 is 16.0 Å². The van der Waals surface area contributed by atoms with Crippen molar-refractivity contribution in [3.8, 4) is 0 Å². The number of nitrogens with zero attached hydrogens (tertiary/aromatic N) is 1. The molecule has 5 nitrogen and oxygen atoms in total. The van der Waals surface area contributed by atoms with Crippen molar-refractivity contribution in [2.24, 2.45) is 4.99 Å². The van der Waals surface area contributed by atoms with E-state index in [1.165, 1.54) is 23.5 Å². The van der Waals surface area contributed by atoms with Gasteiger partial charge in [-0.3, -0.25) is 9.79 Å². The van der Waals surface area contributed by atoms with Gasteiger partial charge < -0.3 is 16.0 Å². The Morgan fingerprint density at radius 3 is 2.64 bits per heavy atom. The van der Waals surface area contributed by atoms with Crippen LogP contribution in [0.15, 0.2) is 46.8 Å². The molecule has 134 valence electrons. The molecule has 0 radical (unpaired) electrons. The van der Waals surface area contributed by atoms with Gasteiger partial charge in [-0.05, 0) is 42.0 Å². The highest BCUT2D eigenvalue weighted by molar-refractivity contribution is 7.12. The monoisotopic (exact) mass is 362 g/mol. The Hall–Kier alpha value is -2.41. The number of hydrogen-bond acceptors (Lipinski definition) is 3. The van der Waals surface area contributed by atoms with Crippen LogP contribution in [0.25, 0.3) is 0 Å². The van der Waals surface area contributed by atoms with E-state index in [2.05, 4.69) is 20.9 Å². The maximum absolute atomic E-state index is 13.1. The van der Waals surface area contributed by atoms with E-state index in [4.69, 9.17) is 0 Å². The number of aliphatic imine (C=N–C) groups is 1. The second-order valence-corrected chi connectivity index (χ2v) is 6.34. The predicted octanol–water partition coefficient (Wildman–Crippen LogP) is 2.41. The van der Waals surface area contributed by atoms with E-state index in [0.717, 1.165) is 23.3 Å². The number of benzene rings is 1. The average Bonchev–Trinajstić information content (AvgIpc) is 3.14. The second kappa shape index (κ2) is 10.5. The van der Waals surface area contributed by atoms with Gasteiger partial charge >= 0.3 is 0 Å². The number of nitrogens with one attached hydrogen (secondary N) is 3. The molecule has 0 spiro atoms. The van der Waals surface area contributed by atoms with E-state index in [0.29, 0.717) is 25.6 Å². The van der Waals surface area contributed by atoms with E-state index in [9.17, 15) is 9.18 Å². The van der Waals surface area contributed by atoms with Crippen molar-refractivity contribution in [2.45, 2.75) is 12.8 Å². The third kappa shape index (κ3) is 6.93. The molecule has 0 unspecified atom stereocenters. The van der Waals surface area contributed by atoms with Gasteiger partial charge in [0.05, 0.1) is 4.88 Å². The molecule has 7 heteroatoms. The third-order valence-corrected chi connectivity index (χ3v) is 4.36. The molecule has 1 aromatic heterocycles. The van der Waals surface area contributed by atoms with Gasteiger partial charge in [0.2, 0.25) is 0 Å².